The summed E-state index contributed by atoms with van der Waals surface area (Å²) in [7, 11) is 0. The van der Waals surface area contributed by atoms with Crippen LogP contribution in [0.15, 0.2) is 71.8 Å². The quantitative estimate of drug-likeness (QED) is 0.350. The monoisotopic (exact) mass is 457 g/mol. The van der Waals surface area contributed by atoms with Gasteiger partial charge in [0.1, 0.15) is 12.4 Å². The van der Waals surface area contributed by atoms with Crippen molar-refractivity contribution in [3.8, 4) is 23.3 Å². The molecule has 3 aromatic carbocycles. The SMILES string of the molecule is CCOc1cc(/C=N\NC(=O)[C@@H](C)Oc2ccccc2C)ccc1OCc1ccccc1C#N. The van der Waals surface area contributed by atoms with Crippen LogP contribution < -0.4 is 19.6 Å². The van der Waals surface area contributed by atoms with Crippen molar-refractivity contribution >= 4 is 12.1 Å². The highest BCUT2D eigenvalue weighted by atomic mass is 16.5. The molecule has 174 valence electrons. The average molecular weight is 458 g/mol. The molecular formula is C27H27N3O4. The molecule has 0 aromatic heterocycles. The second kappa shape index (κ2) is 12.1. The van der Waals surface area contributed by atoms with Crippen molar-refractivity contribution in [1.29, 1.82) is 5.26 Å². The lowest BCUT2D eigenvalue weighted by Gasteiger charge is -2.14. The number of hydrazone groups is 1. The van der Waals surface area contributed by atoms with Crippen molar-refractivity contribution in [3.63, 3.8) is 0 Å². The van der Waals surface area contributed by atoms with E-state index in [2.05, 4.69) is 16.6 Å². The molecule has 0 aliphatic heterocycles. The molecule has 1 amide bonds. The molecule has 0 spiro atoms. The Labute approximate surface area is 199 Å². The summed E-state index contributed by atoms with van der Waals surface area (Å²) in [6.45, 7) is 6.17. The van der Waals surface area contributed by atoms with E-state index in [1.807, 2.05) is 56.3 Å². The Kier molecular flexibility index (Phi) is 8.64. The highest BCUT2D eigenvalue weighted by molar-refractivity contribution is 5.85. The van der Waals surface area contributed by atoms with E-state index in [0.717, 1.165) is 16.7 Å². The lowest BCUT2D eigenvalue weighted by molar-refractivity contribution is -0.127. The third-order valence-corrected chi connectivity index (χ3v) is 4.94. The zero-order valence-corrected chi connectivity index (χ0v) is 19.4. The number of amides is 1. The van der Waals surface area contributed by atoms with Crippen molar-refractivity contribution in [2.24, 2.45) is 5.10 Å². The minimum atomic E-state index is -0.704. The zero-order valence-electron chi connectivity index (χ0n) is 19.4. The molecule has 0 heterocycles. The van der Waals surface area contributed by atoms with Gasteiger partial charge in [-0.2, -0.15) is 10.4 Å². The number of ether oxygens (including phenoxy) is 3. The summed E-state index contributed by atoms with van der Waals surface area (Å²) in [5.41, 5.74) is 5.54. The molecule has 7 heteroatoms. The number of nitriles is 1. The lowest BCUT2D eigenvalue weighted by atomic mass is 10.1. The highest BCUT2D eigenvalue weighted by Gasteiger charge is 2.15. The maximum Gasteiger partial charge on any atom is 0.280 e. The molecule has 1 atom stereocenters. The summed E-state index contributed by atoms with van der Waals surface area (Å²) in [6.07, 6.45) is 0.819. The first-order valence-electron chi connectivity index (χ1n) is 10.9. The molecule has 0 fully saturated rings. The van der Waals surface area contributed by atoms with Crippen LogP contribution in [0, 0.1) is 18.3 Å². The average Bonchev–Trinajstić information content (AvgIpc) is 2.85. The molecular weight excluding hydrogens is 430 g/mol. The van der Waals surface area contributed by atoms with Gasteiger partial charge in [0.25, 0.3) is 5.91 Å². The lowest BCUT2D eigenvalue weighted by Crippen LogP contribution is -2.33. The third kappa shape index (κ3) is 6.59. The second-order valence-corrected chi connectivity index (χ2v) is 7.46. The van der Waals surface area contributed by atoms with E-state index in [0.29, 0.717) is 29.4 Å². The van der Waals surface area contributed by atoms with E-state index in [9.17, 15) is 10.1 Å². The van der Waals surface area contributed by atoms with Crippen LogP contribution in [0.5, 0.6) is 17.2 Å². The van der Waals surface area contributed by atoms with Crippen LogP contribution in [0.3, 0.4) is 0 Å². The van der Waals surface area contributed by atoms with Gasteiger partial charge in [-0.05, 0) is 62.2 Å². The number of carbonyl (C=O) groups is 1. The van der Waals surface area contributed by atoms with Gasteiger partial charge >= 0.3 is 0 Å². The summed E-state index contributed by atoms with van der Waals surface area (Å²) in [5.74, 6) is 1.39. The predicted molar refractivity (Wildman–Crippen MR) is 130 cm³/mol. The van der Waals surface area contributed by atoms with Gasteiger partial charge in [0.2, 0.25) is 0 Å². The van der Waals surface area contributed by atoms with Crippen LogP contribution in [0.1, 0.15) is 36.1 Å². The topological polar surface area (TPSA) is 92.9 Å². The second-order valence-electron chi connectivity index (χ2n) is 7.46. The van der Waals surface area contributed by atoms with Crippen LogP contribution in [0.2, 0.25) is 0 Å². The molecule has 0 aliphatic carbocycles. The minimum Gasteiger partial charge on any atom is -0.490 e. The van der Waals surface area contributed by atoms with Crippen molar-refractivity contribution in [3.05, 3.63) is 89.0 Å². The number of nitrogens with one attached hydrogen (secondary N) is 1. The smallest absolute Gasteiger partial charge is 0.280 e. The minimum absolute atomic E-state index is 0.242. The fourth-order valence-electron chi connectivity index (χ4n) is 3.10. The summed E-state index contributed by atoms with van der Waals surface area (Å²) in [4.78, 5) is 12.3. The normalized spacial score (nSPS) is 11.5. The van der Waals surface area contributed by atoms with Crippen molar-refractivity contribution in [2.75, 3.05) is 6.61 Å². The Morgan fingerprint density at radius 3 is 2.59 bits per heavy atom. The summed E-state index contributed by atoms with van der Waals surface area (Å²) in [6, 6.07) is 22.3. The fourth-order valence-corrected chi connectivity index (χ4v) is 3.10. The molecule has 0 saturated heterocycles. The van der Waals surface area contributed by atoms with E-state index in [1.54, 1.807) is 31.2 Å². The molecule has 0 radical (unpaired) electrons. The molecule has 0 aliphatic rings. The third-order valence-electron chi connectivity index (χ3n) is 4.94. The molecule has 7 nitrogen and oxygen atoms in total. The Morgan fingerprint density at radius 1 is 1.06 bits per heavy atom. The number of aryl methyl sites for hydroxylation is 1. The molecule has 0 bridgehead atoms. The van der Waals surface area contributed by atoms with Gasteiger partial charge in [0.05, 0.1) is 24.5 Å². The molecule has 3 aromatic rings. The van der Waals surface area contributed by atoms with E-state index in [-0.39, 0.29) is 12.5 Å². The van der Waals surface area contributed by atoms with Gasteiger partial charge in [-0.25, -0.2) is 5.43 Å². The first kappa shape index (κ1) is 24.3. The maximum atomic E-state index is 12.3. The first-order chi connectivity index (χ1) is 16.5. The van der Waals surface area contributed by atoms with E-state index in [1.165, 1.54) is 6.21 Å². The number of rotatable bonds is 10. The molecule has 3 rings (SSSR count). The predicted octanol–water partition coefficient (Wildman–Crippen LogP) is 4.76. The van der Waals surface area contributed by atoms with Crippen molar-refractivity contribution in [1.82, 2.24) is 5.43 Å². The van der Waals surface area contributed by atoms with Crippen molar-refractivity contribution < 1.29 is 19.0 Å². The van der Waals surface area contributed by atoms with Gasteiger partial charge in [-0.3, -0.25) is 4.79 Å². The number of benzene rings is 3. The standard InChI is InChI=1S/C27H27N3O4/c1-4-32-26-15-21(13-14-25(26)33-18-23-11-7-6-10-22(23)16-28)17-29-30-27(31)20(3)34-24-12-8-5-9-19(24)2/h5-15,17,20H,4,18H2,1-3H3,(H,30,31)/b29-17-/t20-/m1/s1. The number of hydrogen-bond acceptors (Lipinski definition) is 6. The molecule has 0 unspecified atom stereocenters. The van der Waals surface area contributed by atoms with Crippen LogP contribution in [0.25, 0.3) is 0 Å². The molecule has 1 N–H and O–H groups in total. The van der Waals surface area contributed by atoms with Gasteiger partial charge in [0.15, 0.2) is 17.6 Å². The van der Waals surface area contributed by atoms with Crippen LogP contribution >= 0.6 is 0 Å². The van der Waals surface area contributed by atoms with E-state index >= 15 is 0 Å². The van der Waals surface area contributed by atoms with Gasteiger partial charge in [-0.1, -0.05) is 36.4 Å². The van der Waals surface area contributed by atoms with Gasteiger partial charge in [-0.15, -0.1) is 0 Å². The van der Waals surface area contributed by atoms with Crippen molar-refractivity contribution in [2.45, 2.75) is 33.5 Å². The number of carbonyl (C=O) groups excluding carboxylic acids is 1. The fraction of sp³-hybridized carbons (Fsp3) is 0.222. The number of hydrogen-bond donors (Lipinski definition) is 1. The summed E-state index contributed by atoms with van der Waals surface area (Å²) < 4.78 is 17.3. The Balaban J connectivity index is 1.62. The van der Waals surface area contributed by atoms with E-state index < -0.39 is 6.10 Å². The highest BCUT2D eigenvalue weighted by Crippen LogP contribution is 2.29. The Hall–Kier alpha value is -4.31. The Bertz CT molecular complexity index is 1200. The summed E-state index contributed by atoms with van der Waals surface area (Å²) >= 11 is 0. The van der Waals surface area contributed by atoms with Crippen LogP contribution in [-0.2, 0) is 11.4 Å². The first-order valence-corrected chi connectivity index (χ1v) is 10.9. The van der Waals surface area contributed by atoms with Crippen LogP contribution in [0.4, 0.5) is 0 Å². The maximum absolute atomic E-state index is 12.3. The van der Waals surface area contributed by atoms with E-state index in [4.69, 9.17) is 14.2 Å². The number of nitrogens with zero attached hydrogens (tertiary/aromatic N) is 2. The largest absolute Gasteiger partial charge is 0.490 e. The number of para-hydroxylation sites is 1. The van der Waals surface area contributed by atoms with Gasteiger partial charge in [0, 0.05) is 5.56 Å². The molecule has 0 saturated carbocycles. The van der Waals surface area contributed by atoms with Crippen LogP contribution in [-0.4, -0.2) is 24.8 Å². The van der Waals surface area contributed by atoms with Gasteiger partial charge < -0.3 is 14.2 Å². The molecule has 34 heavy (non-hydrogen) atoms. The summed E-state index contributed by atoms with van der Waals surface area (Å²) in [5, 5.41) is 13.3. The Morgan fingerprint density at radius 2 is 1.82 bits per heavy atom. The zero-order chi connectivity index (χ0) is 24.3.